The summed E-state index contributed by atoms with van der Waals surface area (Å²) in [7, 11) is 0. The number of carbonyl (C=O) groups is 1. The molecule has 1 aromatic rings. The number of nitrogens with zero attached hydrogens (tertiary/aromatic N) is 2. The minimum atomic E-state index is -0.136. The second-order valence-electron chi connectivity index (χ2n) is 4.04. The van der Waals surface area contributed by atoms with E-state index in [0.29, 0.717) is 24.7 Å². The smallest absolute Gasteiger partial charge is 0.220 e. The van der Waals surface area contributed by atoms with Crippen LogP contribution in [-0.2, 0) is 4.79 Å². The third kappa shape index (κ3) is 3.98. The van der Waals surface area contributed by atoms with Gasteiger partial charge in [0.15, 0.2) is 0 Å². The number of aromatic amines is 1. The zero-order valence-corrected chi connectivity index (χ0v) is 9.73. The predicted molar refractivity (Wildman–Crippen MR) is 60.4 cm³/mol. The molecule has 0 saturated carbocycles. The Morgan fingerprint density at radius 1 is 1.62 bits per heavy atom. The molecular weight excluding hydrogens is 206 g/mol. The average molecular weight is 225 g/mol. The molecule has 0 aliphatic heterocycles. The quantitative estimate of drug-likeness (QED) is 0.651. The van der Waals surface area contributed by atoms with Crippen molar-refractivity contribution in [1.82, 2.24) is 20.5 Å². The average Bonchev–Trinajstić information content (AvgIpc) is 2.79. The first-order valence-electron chi connectivity index (χ1n) is 5.48. The summed E-state index contributed by atoms with van der Waals surface area (Å²) in [6, 6.07) is -0.136. The molecule has 4 N–H and O–H groups in total. The lowest BCUT2D eigenvalue weighted by molar-refractivity contribution is -0.122. The van der Waals surface area contributed by atoms with Crippen molar-refractivity contribution in [2.45, 2.75) is 32.7 Å². The first kappa shape index (κ1) is 12.6. The number of nitrogens with one attached hydrogen (secondary N) is 2. The first-order chi connectivity index (χ1) is 7.63. The number of nitrogens with two attached hydrogens (primary N) is 1. The van der Waals surface area contributed by atoms with Crippen LogP contribution in [0.15, 0.2) is 6.33 Å². The highest BCUT2D eigenvalue weighted by Crippen LogP contribution is 2.07. The molecule has 0 spiro atoms. The van der Waals surface area contributed by atoms with E-state index in [-0.39, 0.29) is 11.9 Å². The minimum absolute atomic E-state index is 0.0178. The van der Waals surface area contributed by atoms with E-state index in [9.17, 15) is 4.79 Å². The van der Waals surface area contributed by atoms with Crippen molar-refractivity contribution in [3.8, 4) is 0 Å². The van der Waals surface area contributed by atoms with E-state index in [1.165, 1.54) is 6.33 Å². The zero-order valence-electron chi connectivity index (χ0n) is 9.73. The number of hydrogen-bond acceptors (Lipinski definition) is 4. The fourth-order valence-corrected chi connectivity index (χ4v) is 1.30. The number of carbonyl (C=O) groups excluding carboxylic acids is 1. The number of rotatable bonds is 6. The van der Waals surface area contributed by atoms with Gasteiger partial charge in [0.25, 0.3) is 0 Å². The van der Waals surface area contributed by atoms with Crippen molar-refractivity contribution >= 4 is 5.91 Å². The summed E-state index contributed by atoms with van der Waals surface area (Å²) < 4.78 is 0. The molecule has 2 unspecified atom stereocenters. The fourth-order valence-electron chi connectivity index (χ4n) is 1.30. The van der Waals surface area contributed by atoms with Gasteiger partial charge in [-0.25, -0.2) is 4.98 Å². The van der Waals surface area contributed by atoms with Gasteiger partial charge < -0.3 is 11.1 Å². The van der Waals surface area contributed by atoms with Gasteiger partial charge in [-0.15, -0.1) is 0 Å². The molecular formula is C10H19N5O. The lowest BCUT2D eigenvalue weighted by atomic mass is 10.1. The molecule has 0 saturated heterocycles. The second-order valence-corrected chi connectivity index (χ2v) is 4.04. The van der Waals surface area contributed by atoms with Gasteiger partial charge in [0.05, 0.1) is 6.04 Å². The zero-order chi connectivity index (χ0) is 12.0. The Morgan fingerprint density at radius 2 is 2.38 bits per heavy atom. The molecule has 6 heteroatoms. The van der Waals surface area contributed by atoms with Crippen LogP contribution < -0.4 is 11.1 Å². The van der Waals surface area contributed by atoms with Crippen molar-refractivity contribution in [3.63, 3.8) is 0 Å². The molecule has 1 aromatic heterocycles. The van der Waals surface area contributed by atoms with Crippen LogP contribution in [0, 0.1) is 5.92 Å². The highest BCUT2D eigenvalue weighted by atomic mass is 16.1. The van der Waals surface area contributed by atoms with Crippen molar-refractivity contribution in [2.24, 2.45) is 11.7 Å². The highest BCUT2D eigenvalue weighted by molar-refractivity contribution is 5.76. The Morgan fingerprint density at radius 3 is 2.94 bits per heavy atom. The third-order valence-corrected chi connectivity index (χ3v) is 2.49. The normalized spacial score (nSPS) is 14.4. The van der Waals surface area contributed by atoms with Gasteiger partial charge in [-0.2, -0.15) is 5.10 Å². The van der Waals surface area contributed by atoms with Crippen molar-refractivity contribution in [3.05, 3.63) is 12.2 Å². The summed E-state index contributed by atoms with van der Waals surface area (Å²) in [6.45, 7) is 4.52. The van der Waals surface area contributed by atoms with Gasteiger partial charge in [-0.1, -0.05) is 6.92 Å². The molecule has 16 heavy (non-hydrogen) atoms. The van der Waals surface area contributed by atoms with Crippen molar-refractivity contribution in [2.75, 3.05) is 6.54 Å². The van der Waals surface area contributed by atoms with E-state index in [1.54, 1.807) is 0 Å². The van der Waals surface area contributed by atoms with Crippen LogP contribution in [0.2, 0.25) is 0 Å². The molecule has 2 atom stereocenters. The number of amides is 1. The lowest BCUT2D eigenvalue weighted by Crippen LogP contribution is -2.28. The molecule has 0 aliphatic carbocycles. The highest BCUT2D eigenvalue weighted by Gasteiger charge is 2.12. The number of hydrogen-bond donors (Lipinski definition) is 3. The fraction of sp³-hybridized carbons (Fsp3) is 0.700. The second kappa shape index (κ2) is 6.22. The maximum absolute atomic E-state index is 11.6. The van der Waals surface area contributed by atoms with Crippen molar-refractivity contribution < 1.29 is 4.79 Å². The van der Waals surface area contributed by atoms with E-state index in [0.717, 1.165) is 6.42 Å². The maximum atomic E-state index is 11.6. The lowest BCUT2D eigenvalue weighted by Gasteiger charge is -2.12. The molecule has 90 valence electrons. The van der Waals surface area contributed by atoms with Crippen LogP contribution in [-0.4, -0.2) is 27.6 Å². The van der Waals surface area contributed by atoms with E-state index < -0.39 is 0 Å². The molecule has 0 bridgehead atoms. The molecule has 1 rings (SSSR count). The van der Waals surface area contributed by atoms with Gasteiger partial charge in [-0.05, 0) is 25.8 Å². The summed E-state index contributed by atoms with van der Waals surface area (Å²) >= 11 is 0. The van der Waals surface area contributed by atoms with Crippen LogP contribution in [0.4, 0.5) is 0 Å². The molecule has 0 aromatic carbocycles. The van der Waals surface area contributed by atoms with Gasteiger partial charge in [0.2, 0.25) is 5.91 Å². The maximum Gasteiger partial charge on any atom is 0.220 e. The molecule has 0 radical (unpaired) electrons. The SMILES string of the molecule is CC(CN)CCC(=O)NC(C)c1ncn[nH]1. The molecule has 6 nitrogen and oxygen atoms in total. The Bertz CT molecular complexity index is 311. The van der Waals surface area contributed by atoms with Crippen LogP contribution in [0.5, 0.6) is 0 Å². The summed E-state index contributed by atoms with van der Waals surface area (Å²) in [5, 5.41) is 9.30. The number of H-pyrrole nitrogens is 1. The summed E-state index contributed by atoms with van der Waals surface area (Å²) in [4.78, 5) is 15.5. The van der Waals surface area contributed by atoms with Crippen LogP contribution in [0.1, 0.15) is 38.6 Å². The Kier molecular flexibility index (Phi) is 4.91. The Balaban J connectivity index is 2.29. The molecule has 0 fully saturated rings. The summed E-state index contributed by atoms with van der Waals surface area (Å²) in [5.41, 5.74) is 5.48. The van der Waals surface area contributed by atoms with Crippen LogP contribution in [0.3, 0.4) is 0 Å². The summed E-state index contributed by atoms with van der Waals surface area (Å²) in [5.74, 6) is 1.07. The van der Waals surface area contributed by atoms with Gasteiger partial charge >= 0.3 is 0 Å². The van der Waals surface area contributed by atoms with Crippen LogP contribution in [0.25, 0.3) is 0 Å². The molecule has 1 amide bonds. The molecule has 0 aliphatic rings. The van der Waals surface area contributed by atoms with E-state index >= 15 is 0 Å². The standard InChI is InChI=1S/C10H19N5O/c1-7(5-11)3-4-9(16)14-8(2)10-12-6-13-15-10/h6-8H,3-5,11H2,1-2H3,(H,14,16)(H,12,13,15). The van der Waals surface area contributed by atoms with Crippen molar-refractivity contribution in [1.29, 1.82) is 0 Å². The van der Waals surface area contributed by atoms with E-state index in [2.05, 4.69) is 20.5 Å². The minimum Gasteiger partial charge on any atom is -0.346 e. The number of aromatic nitrogens is 3. The molecule has 1 heterocycles. The topological polar surface area (TPSA) is 96.7 Å². The van der Waals surface area contributed by atoms with Gasteiger partial charge in [0.1, 0.15) is 12.2 Å². The largest absolute Gasteiger partial charge is 0.346 e. The Labute approximate surface area is 95.0 Å². The van der Waals surface area contributed by atoms with Gasteiger partial charge in [-0.3, -0.25) is 9.89 Å². The van der Waals surface area contributed by atoms with Crippen LogP contribution >= 0.6 is 0 Å². The van der Waals surface area contributed by atoms with E-state index in [1.807, 2.05) is 13.8 Å². The monoisotopic (exact) mass is 225 g/mol. The Hall–Kier alpha value is -1.43. The third-order valence-electron chi connectivity index (χ3n) is 2.49. The first-order valence-corrected chi connectivity index (χ1v) is 5.48. The van der Waals surface area contributed by atoms with E-state index in [4.69, 9.17) is 5.73 Å². The summed E-state index contributed by atoms with van der Waals surface area (Å²) in [6.07, 6.45) is 2.73. The van der Waals surface area contributed by atoms with Gasteiger partial charge in [0, 0.05) is 6.42 Å². The predicted octanol–water partition coefficient (Wildman–Crippen LogP) is 0.357.